The Morgan fingerprint density at radius 2 is 1.48 bits per heavy atom. The van der Waals surface area contributed by atoms with Gasteiger partial charge in [-0.25, -0.2) is 0 Å². The number of β-amino-alcohol motifs (C(OH)–C–C–N with tert-alkyl or cyclic N) is 1. The zero-order chi connectivity index (χ0) is 38.0. The van der Waals surface area contributed by atoms with Crippen molar-refractivity contribution in [2.24, 2.45) is 11.8 Å². The molecule has 0 spiro atoms. The summed E-state index contributed by atoms with van der Waals surface area (Å²) in [5, 5.41) is 26.2. The van der Waals surface area contributed by atoms with Crippen molar-refractivity contribution >= 4 is 45.5 Å². The topological polar surface area (TPSA) is 70.0 Å². The molecule has 7 heteroatoms. The summed E-state index contributed by atoms with van der Waals surface area (Å²) in [7, 11) is 2.03. The number of ether oxygens (including phenoxy) is 1. The molecule has 2 heterocycles. The summed E-state index contributed by atoms with van der Waals surface area (Å²) in [5.41, 5.74) is 10.2. The standard InChI is InChI=1S/C47H49Cl2NO4/c1-25-20-26(2)44-40(51)23-42(54-47(44)43(25)37-18-19-50(5)24-41(37)52)36-17-13-33(22-39(36)49)32-12-16-35-28(4)46(53)45(27(3)38(35)21-32)31-8-6-29(7-9-31)30-10-14-34(48)15-11-30/h10-17,20-23,29,31,37,41,44,47,52-53H,6-9,18-19,24H2,1-5H3/t29?,31?,37?,41-,44?,47?/m1/s1. The largest absolute Gasteiger partial charge is 0.507 e. The number of aliphatic hydroxyl groups excluding tert-OH is 1. The highest BCUT2D eigenvalue weighted by Gasteiger charge is 2.45. The van der Waals surface area contributed by atoms with Gasteiger partial charge in [0.1, 0.15) is 17.6 Å². The Morgan fingerprint density at radius 1 is 0.796 bits per heavy atom. The predicted octanol–water partition coefficient (Wildman–Crippen LogP) is 11.1. The van der Waals surface area contributed by atoms with Crippen molar-refractivity contribution in [1.29, 1.82) is 0 Å². The molecule has 0 aromatic heterocycles. The lowest BCUT2D eigenvalue weighted by atomic mass is 9.71. The number of aryl methyl sites for hydroxylation is 2. The molecule has 0 bridgehead atoms. The van der Waals surface area contributed by atoms with E-state index in [4.69, 9.17) is 27.9 Å². The van der Waals surface area contributed by atoms with E-state index in [1.807, 2.05) is 51.2 Å². The molecule has 2 aliphatic carbocycles. The molecule has 1 saturated carbocycles. The smallest absolute Gasteiger partial charge is 0.170 e. The highest BCUT2D eigenvalue weighted by atomic mass is 35.5. The fraction of sp³-hybridized carbons (Fsp3) is 0.383. The molecule has 5 nitrogen and oxygen atoms in total. The molecule has 0 radical (unpaired) electrons. The minimum Gasteiger partial charge on any atom is -0.507 e. The third-order valence-corrected chi connectivity index (χ3v) is 13.5. The van der Waals surface area contributed by atoms with Gasteiger partial charge >= 0.3 is 0 Å². The second kappa shape index (κ2) is 14.7. The normalized spacial score (nSPS) is 26.3. The number of carbonyl (C=O) groups is 1. The van der Waals surface area contributed by atoms with E-state index in [1.54, 1.807) is 6.08 Å². The summed E-state index contributed by atoms with van der Waals surface area (Å²) < 4.78 is 6.76. The highest BCUT2D eigenvalue weighted by Crippen LogP contribution is 2.48. The number of fused-ring (bicyclic) bond motifs is 2. The van der Waals surface area contributed by atoms with E-state index >= 15 is 0 Å². The number of likely N-dealkylation sites (N-methyl/N-ethyl adjacent to an activating group) is 1. The molecule has 8 rings (SSSR count). The Bertz CT molecular complexity index is 2240. The van der Waals surface area contributed by atoms with Gasteiger partial charge in [-0.1, -0.05) is 65.2 Å². The number of carbonyl (C=O) groups excluding carboxylic acids is 1. The number of hydrogen-bond donors (Lipinski definition) is 2. The minimum absolute atomic E-state index is 0.000424. The summed E-state index contributed by atoms with van der Waals surface area (Å²) >= 11 is 13.2. The van der Waals surface area contributed by atoms with Crippen LogP contribution in [0.3, 0.4) is 0 Å². The lowest BCUT2D eigenvalue weighted by molar-refractivity contribution is -0.121. The fourth-order valence-corrected chi connectivity index (χ4v) is 10.4. The Morgan fingerprint density at radius 3 is 2.19 bits per heavy atom. The number of halogens is 2. The number of piperidine rings is 1. The molecule has 2 N–H and O–H groups in total. The van der Waals surface area contributed by atoms with Crippen molar-refractivity contribution in [3.05, 3.63) is 127 Å². The summed E-state index contributed by atoms with van der Waals surface area (Å²) in [6, 6.07) is 20.6. The second-order valence-electron chi connectivity index (χ2n) is 16.2. The molecular weight excluding hydrogens is 713 g/mol. The van der Waals surface area contributed by atoms with E-state index in [9.17, 15) is 15.0 Å². The van der Waals surface area contributed by atoms with E-state index in [0.29, 0.717) is 40.5 Å². The second-order valence-corrected chi connectivity index (χ2v) is 17.1. The molecule has 2 aliphatic heterocycles. The van der Waals surface area contributed by atoms with Crippen LogP contribution in [-0.4, -0.2) is 53.2 Å². The maximum atomic E-state index is 13.8. The molecule has 54 heavy (non-hydrogen) atoms. The number of phenolic OH excluding ortho intramolecular Hbond substituents is 1. The number of hydrogen-bond acceptors (Lipinski definition) is 5. The van der Waals surface area contributed by atoms with Gasteiger partial charge in [-0.15, -0.1) is 0 Å². The van der Waals surface area contributed by atoms with Crippen molar-refractivity contribution < 1.29 is 19.7 Å². The first-order valence-corrected chi connectivity index (χ1v) is 20.1. The van der Waals surface area contributed by atoms with Crippen LogP contribution in [0.15, 0.2) is 89.5 Å². The van der Waals surface area contributed by atoms with Gasteiger partial charge in [0.15, 0.2) is 5.78 Å². The minimum atomic E-state index is -0.526. The number of aromatic hydroxyl groups is 1. The number of nitrogens with zero attached hydrogens (tertiary/aromatic N) is 1. The van der Waals surface area contributed by atoms with Gasteiger partial charge in [-0.3, -0.25) is 4.79 Å². The lowest BCUT2D eigenvalue weighted by Gasteiger charge is -2.43. The number of phenols is 1. The zero-order valence-corrected chi connectivity index (χ0v) is 33.3. The van der Waals surface area contributed by atoms with Crippen LogP contribution in [0, 0.1) is 25.7 Å². The van der Waals surface area contributed by atoms with Gasteiger partial charge in [0, 0.05) is 34.7 Å². The molecule has 0 amide bonds. The van der Waals surface area contributed by atoms with Crippen molar-refractivity contribution in [3.8, 4) is 16.9 Å². The molecular formula is C47H49Cl2NO4. The van der Waals surface area contributed by atoms with Crippen molar-refractivity contribution in [2.75, 3.05) is 20.1 Å². The summed E-state index contributed by atoms with van der Waals surface area (Å²) in [4.78, 5) is 15.9. The Balaban J connectivity index is 1.07. The first-order chi connectivity index (χ1) is 25.9. The Labute approximate surface area is 328 Å². The van der Waals surface area contributed by atoms with Crippen LogP contribution >= 0.6 is 23.2 Å². The van der Waals surface area contributed by atoms with Crippen molar-refractivity contribution in [1.82, 2.24) is 4.90 Å². The van der Waals surface area contributed by atoms with Crippen LogP contribution in [0.4, 0.5) is 0 Å². The number of likely N-dealkylation sites (tertiary alicyclic amines) is 1. The predicted molar refractivity (Wildman–Crippen MR) is 220 cm³/mol. The Hall–Kier alpha value is -3.87. The number of allylic oxidation sites excluding steroid dienone is 3. The van der Waals surface area contributed by atoms with E-state index < -0.39 is 18.1 Å². The first-order valence-electron chi connectivity index (χ1n) is 19.4. The maximum absolute atomic E-state index is 13.8. The van der Waals surface area contributed by atoms with E-state index in [2.05, 4.69) is 55.2 Å². The third-order valence-electron chi connectivity index (χ3n) is 12.9. The van der Waals surface area contributed by atoms with Crippen molar-refractivity contribution in [2.45, 2.75) is 83.8 Å². The van der Waals surface area contributed by atoms with E-state index in [-0.39, 0.29) is 11.7 Å². The number of rotatable bonds is 5. The van der Waals surface area contributed by atoms with Gasteiger partial charge in [0.05, 0.1) is 17.0 Å². The van der Waals surface area contributed by atoms with Crippen LogP contribution in [0.1, 0.15) is 85.6 Å². The van der Waals surface area contributed by atoms with Gasteiger partial charge in [-0.2, -0.15) is 0 Å². The van der Waals surface area contributed by atoms with E-state index in [0.717, 1.165) is 99.0 Å². The fourth-order valence-electron chi connectivity index (χ4n) is 10.0. The average molecular weight is 763 g/mol. The highest BCUT2D eigenvalue weighted by molar-refractivity contribution is 6.32. The van der Waals surface area contributed by atoms with Crippen LogP contribution in [0.2, 0.25) is 10.0 Å². The quantitative estimate of drug-likeness (QED) is 0.212. The summed E-state index contributed by atoms with van der Waals surface area (Å²) in [5.74, 6) is 1.21. The number of ketones is 1. The lowest BCUT2D eigenvalue weighted by Crippen LogP contribution is -2.47. The molecule has 1 saturated heterocycles. The molecule has 3 unspecified atom stereocenters. The molecule has 4 aromatic carbocycles. The molecule has 280 valence electrons. The van der Waals surface area contributed by atoms with Crippen LogP contribution in [-0.2, 0) is 9.53 Å². The van der Waals surface area contributed by atoms with Crippen LogP contribution in [0.5, 0.6) is 5.75 Å². The number of benzene rings is 4. The van der Waals surface area contributed by atoms with Crippen LogP contribution in [0.25, 0.3) is 27.7 Å². The van der Waals surface area contributed by atoms with Crippen LogP contribution < -0.4 is 0 Å². The average Bonchev–Trinajstić information content (AvgIpc) is 3.15. The van der Waals surface area contributed by atoms with E-state index in [1.165, 1.54) is 5.56 Å². The van der Waals surface area contributed by atoms with Gasteiger partial charge in [0.2, 0.25) is 0 Å². The Kier molecular flexibility index (Phi) is 10.1. The number of aliphatic hydroxyl groups is 1. The molecule has 2 fully saturated rings. The zero-order valence-electron chi connectivity index (χ0n) is 31.8. The van der Waals surface area contributed by atoms with Gasteiger partial charge < -0.3 is 19.8 Å². The molecule has 4 atom stereocenters. The molecule has 4 aliphatic rings. The SMILES string of the molecule is CC1=CC(C)=C(C2CCN(C)C[C@H]2O)C2OC(c3ccc(-c4ccc5c(C)c(O)c(C6CCC(c7ccc(Cl)cc7)CC6)c(C)c5c4)cc3Cl)=CC(=O)C12. The van der Waals surface area contributed by atoms with Crippen molar-refractivity contribution in [3.63, 3.8) is 0 Å². The summed E-state index contributed by atoms with van der Waals surface area (Å²) in [6.07, 6.45) is 7.70. The van der Waals surface area contributed by atoms with Gasteiger partial charge in [-0.05, 0) is 165 Å². The first kappa shape index (κ1) is 37.1. The summed E-state index contributed by atoms with van der Waals surface area (Å²) in [6.45, 7) is 9.71. The monoisotopic (exact) mass is 761 g/mol. The van der Waals surface area contributed by atoms with Gasteiger partial charge in [0.25, 0.3) is 0 Å². The molecule has 4 aromatic rings. The maximum Gasteiger partial charge on any atom is 0.170 e. The third kappa shape index (κ3) is 6.61.